The average Bonchev–Trinajstić information content (AvgIpc) is 2.83. The van der Waals surface area contributed by atoms with Crippen molar-refractivity contribution in [2.24, 2.45) is 5.73 Å². The van der Waals surface area contributed by atoms with E-state index >= 15 is 0 Å². The van der Waals surface area contributed by atoms with Gasteiger partial charge in [-0.15, -0.1) is 0 Å². The van der Waals surface area contributed by atoms with Crippen LogP contribution >= 0.6 is 27.7 Å². The zero-order valence-electron chi connectivity index (χ0n) is 10.1. The number of unbranched alkanes of at least 4 members (excludes halogenated alkanes) is 1. The summed E-state index contributed by atoms with van der Waals surface area (Å²) in [7, 11) is 0. The number of aryl methyl sites for hydroxylation is 1. The van der Waals surface area contributed by atoms with Gasteiger partial charge in [0, 0.05) is 10.2 Å². The summed E-state index contributed by atoms with van der Waals surface area (Å²) >= 11 is 5.80. The van der Waals surface area contributed by atoms with Crippen molar-refractivity contribution in [1.82, 2.24) is 0 Å². The Bertz CT molecular complexity index is 361. The highest BCUT2D eigenvalue weighted by atomic mass is 79.9. The van der Waals surface area contributed by atoms with Gasteiger partial charge in [-0.05, 0) is 61.1 Å². The topological polar surface area (TPSA) is 26.0 Å². The summed E-state index contributed by atoms with van der Waals surface area (Å²) in [5, 5.41) is 0. The first-order valence-electron chi connectivity index (χ1n) is 6.37. The monoisotopic (exact) mass is 313 g/mol. The first-order valence-corrected chi connectivity index (χ1v) is 8.32. The molecule has 1 aromatic rings. The van der Waals surface area contributed by atoms with Gasteiger partial charge in [0.15, 0.2) is 0 Å². The predicted octanol–water partition coefficient (Wildman–Crippen LogP) is 3.95. The zero-order valence-corrected chi connectivity index (χ0v) is 12.5. The van der Waals surface area contributed by atoms with Crippen LogP contribution in [0.2, 0.25) is 0 Å². The lowest BCUT2D eigenvalue weighted by molar-refractivity contribution is 0.741. The molecule has 1 nitrogen and oxygen atoms in total. The number of benzene rings is 1. The standard InChI is InChI=1S/C14H20BrNS/c15-14-9-11(3-1-2-7-16)4-5-13(14)12-6-8-17-10-12/h4-5,9,12H,1-3,6-8,10,16H2. The number of thioether (sulfide) groups is 1. The lowest BCUT2D eigenvalue weighted by atomic mass is 9.96. The van der Waals surface area contributed by atoms with Gasteiger partial charge in [0.1, 0.15) is 0 Å². The molecule has 1 fully saturated rings. The third-order valence-electron chi connectivity index (χ3n) is 3.35. The van der Waals surface area contributed by atoms with E-state index < -0.39 is 0 Å². The second-order valence-electron chi connectivity index (χ2n) is 4.66. The van der Waals surface area contributed by atoms with E-state index in [2.05, 4.69) is 45.9 Å². The van der Waals surface area contributed by atoms with E-state index in [4.69, 9.17) is 5.73 Å². The third kappa shape index (κ3) is 3.73. The molecule has 1 saturated heterocycles. The lowest BCUT2D eigenvalue weighted by Crippen LogP contribution is -2.00. The quantitative estimate of drug-likeness (QED) is 0.833. The SMILES string of the molecule is NCCCCc1ccc(C2CCSC2)c(Br)c1. The van der Waals surface area contributed by atoms with Gasteiger partial charge < -0.3 is 5.73 Å². The molecule has 17 heavy (non-hydrogen) atoms. The van der Waals surface area contributed by atoms with Crippen LogP contribution in [0.3, 0.4) is 0 Å². The molecular weight excluding hydrogens is 294 g/mol. The molecule has 2 N–H and O–H groups in total. The van der Waals surface area contributed by atoms with Crippen LogP contribution in [-0.2, 0) is 6.42 Å². The van der Waals surface area contributed by atoms with Crippen LogP contribution in [0.4, 0.5) is 0 Å². The Hall–Kier alpha value is 0.01000. The summed E-state index contributed by atoms with van der Waals surface area (Å²) in [6.07, 6.45) is 4.80. The number of hydrogen-bond acceptors (Lipinski definition) is 2. The van der Waals surface area contributed by atoms with E-state index in [1.165, 1.54) is 39.9 Å². The molecule has 1 unspecified atom stereocenters. The van der Waals surface area contributed by atoms with Gasteiger partial charge in [-0.2, -0.15) is 11.8 Å². The van der Waals surface area contributed by atoms with Gasteiger partial charge in [-0.25, -0.2) is 0 Å². The molecule has 0 spiro atoms. The van der Waals surface area contributed by atoms with Gasteiger partial charge in [0.05, 0.1) is 0 Å². The van der Waals surface area contributed by atoms with E-state index in [0.717, 1.165) is 25.3 Å². The smallest absolute Gasteiger partial charge is 0.0213 e. The van der Waals surface area contributed by atoms with Crippen LogP contribution in [0.1, 0.15) is 36.3 Å². The molecular formula is C14H20BrNS. The molecule has 1 aliphatic rings. The number of nitrogens with two attached hydrogens (primary N) is 1. The van der Waals surface area contributed by atoms with Crippen LogP contribution < -0.4 is 5.73 Å². The molecule has 0 saturated carbocycles. The Kier molecular flexibility index (Phi) is 5.39. The first kappa shape index (κ1) is 13.4. The molecule has 0 aliphatic carbocycles. The molecule has 3 heteroatoms. The van der Waals surface area contributed by atoms with Gasteiger partial charge in [-0.1, -0.05) is 28.1 Å². The highest BCUT2D eigenvalue weighted by Crippen LogP contribution is 2.36. The van der Waals surface area contributed by atoms with Crippen molar-refractivity contribution in [3.8, 4) is 0 Å². The van der Waals surface area contributed by atoms with Gasteiger partial charge >= 0.3 is 0 Å². The Morgan fingerprint density at radius 2 is 2.24 bits per heavy atom. The number of rotatable bonds is 5. The molecule has 1 heterocycles. The Labute approximate surface area is 117 Å². The lowest BCUT2D eigenvalue weighted by Gasteiger charge is -2.12. The normalized spacial score (nSPS) is 19.8. The summed E-state index contributed by atoms with van der Waals surface area (Å²) in [6.45, 7) is 0.804. The maximum absolute atomic E-state index is 5.52. The molecule has 1 atom stereocenters. The van der Waals surface area contributed by atoms with Crippen LogP contribution in [-0.4, -0.2) is 18.1 Å². The fourth-order valence-electron chi connectivity index (χ4n) is 2.31. The van der Waals surface area contributed by atoms with Gasteiger partial charge in [0.25, 0.3) is 0 Å². The summed E-state index contributed by atoms with van der Waals surface area (Å²) in [5.41, 5.74) is 8.45. The second kappa shape index (κ2) is 6.81. The fourth-order valence-corrected chi connectivity index (χ4v) is 4.31. The van der Waals surface area contributed by atoms with Crippen molar-refractivity contribution in [2.45, 2.75) is 31.6 Å². The van der Waals surface area contributed by atoms with E-state index in [-0.39, 0.29) is 0 Å². The summed E-state index contributed by atoms with van der Waals surface area (Å²) in [5.74, 6) is 3.35. The molecule has 0 aromatic heterocycles. The second-order valence-corrected chi connectivity index (χ2v) is 6.67. The highest BCUT2D eigenvalue weighted by Gasteiger charge is 2.19. The largest absolute Gasteiger partial charge is 0.330 e. The average molecular weight is 314 g/mol. The molecule has 0 bridgehead atoms. The summed E-state index contributed by atoms with van der Waals surface area (Å²) in [4.78, 5) is 0. The Morgan fingerprint density at radius 1 is 1.35 bits per heavy atom. The van der Waals surface area contributed by atoms with Crippen LogP contribution in [0.5, 0.6) is 0 Å². The van der Waals surface area contributed by atoms with Gasteiger partial charge in [0.2, 0.25) is 0 Å². The van der Waals surface area contributed by atoms with E-state index in [1.54, 1.807) is 0 Å². The van der Waals surface area contributed by atoms with E-state index in [9.17, 15) is 0 Å². The van der Waals surface area contributed by atoms with Crippen molar-refractivity contribution >= 4 is 27.7 Å². The molecule has 94 valence electrons. The molecule has 0 amide bonds. The van der Waals surface area contributed by atoms with Gasteiger partial charge in [-0.3, -0.25) is 0 Å². The predicted molar refractivity (Wildman–Crippen MR) is 80.8 cm³/mol. The molecule has 1 aliphatic heterocycles. The Morgan fingerprint density at radius 3 is 2.88 bits per heavy atom. The zero-order chi connectivity index (χ0) is 12.1. The summed E-state index contributed by atoms with van der Waals surface area (Å²) < 4.78 is 1.30. The first-order chi connectivity index (χ1) is 8.31. The molecule has 0 radical (unpaired) electrons. The Balaban J connectivity index is 2.00. The number of halogens is 1. The number of hydrogen-bond donors (Lipinski definition) is 1. The molecule has 1 aromatic carbocycles. The van der Waals surface area contributed by atoms with E-state index in [1.807, 2.05) is 0 Å². The van der Waals surface area contributed by atoms with Crippen LogP contribution in [0, 0.1) is 0 Å². The fraction of sp³-hybridized carbons (Fsp3) is 0.571. The summed E-state index contributed by atoms with van der Waals surface area (Å²) in [6, 6.07) is 6.91. The van der Waals surface area contributed by atoms with Crippen molar-refractivity contribution in [3.63, 3.8) is 0 Å². The minimum absolute atomic E-state index is 0.757. The van der Waals surface area contributed by atoms with Crippen molar-refractivity contribution in [2.75, 3.05) is 18.1 Å². The van der Waals surface area contributed by atoms with Crippen molar-refractivity contribution < 1.29 is 0 Å². The van der Waals surface area contributed by atoms with Crippen LogP contribution in [0.15, 0.2) is 22.7 Å². The minimum Gasteiger partial charge on any atom is -0.330 e. The van der Waals surface area contributed by atoms with Crippen LogP contribution in [0.25, 0.3) is 0 Å². The van der Waals surface area contributed by atoms with Crippen molar-refractivity contribution in [3.05, 3.63) is 33.8 Å². The minimum atomic E-state index is 0.757. The highest BCUT2D eigenvalue weighted by molar-refractivity contribution is 9.10. The third-order valence-corrected chi connectivity index (χ3v) is 5.20. The maximum Gasteiger partial charge on any atom is 0.0213 e. The maximum atomic E-state index is 5.52. The van der Waals surface area contributed by atoms with E-state index in [0.29, 0.717) is 0 Å². The van der Waals surface area contributed by atoms with Crippen molar-refractivity contribution in [1.29, 1.82) is 0 Å². The molecule has 2 rings (SSSR count).